The number of pyridine rings is 1. The minimum absolute atomic E-state index is 0.144. The molecule has 0 saturated heterocycles. The highest BCUT2D eigenvalue weighted by Crippen LogP contribution is 2.07. The molecule has 13 heavy (non-hydrogen) atoms. The molecule has 3 heteroatoms. The maximum atomic E-state index is 10.8. The van der Waals surface area contributed by atoms with Crippen LogP contribution in [0.5, 0.6) is 5.88 Å². The Morgan fingerprint density at radius 3 is 2.77 bits per heavy atom. The SMILES string of the molecule is CCOc1ccc(CC(C)=O)cn1. The molecule has 1 heterocycles. The Labute approximate surface area is 77.8 Å². The zero-order chi connectivity index (χ0) is 9.68. The van der Waals surface area contributed by atoms with E-state index in [4.69, 9.17) is 4.74 Å². The molecule has 70 valence electrons. The minimum atomic E-state index is 0.144. The summed E-state index contributed by atoms with van der Waals surface area (Å²) in [5, 5.41) is 0. The van der Waals surface area contributed by atoms with Crippen molar-refractivity contribution in [1.29, 1.82) is 0 Å². The second-order valence-corrected chi connectivity index (χ2v) is 2.82. The molecule has 0 unspecified atom stereocenters. The summed E-state index contributed by atoms with van der Waals surface area (Å²) in [6, 6.07) is 3.64. The molecule has 0 amide bonds. The molecule has 0 bridgehead atoms. The Kier molecular flexibility index (Phi) is 3.43. The van der Waals surface area contributed by atoms with Gasteiger partial charge in [0.15, 0.2) is 0 Å². The first-order valence-electron chi connectivity index (χ1n) is 4.29. The normalized spacial score (nSPS) is 9.69. The van der Waals surface area contributed by atoms with Gasteiger partial charge in [-0.2, -0.15) is 0 Å². The molecular formula is C10H13NO2. The highest BCUT2D eigenvalue weighted by molar-refractivity contribution is 5.78. The molecule has 1 rings (SSSR count). The Hall–Kier alpha value is -1.38. The third-order valence-electron chi connectivity index (χ3n) is 1.54. The van der Waals surface area contributed by atoms with Gasteiger partial charge in [-0.25, -0.2) is 4.98 Å². The van der Waals surface area contributed by atoms with Crippen molar-refractivity contribution in [2.24, 2.45) is 0 Å². The molecule has 0 aliphatic heterocycles. The molecule has 0 saturated carbocycles. The van der Waals surface area contributed by atoms with E-state index in [1.807, 2.05) is 13.0 Å². The Balaban J connectivity index is 2.64. The van der Waals surface area contributed by atoms with Gasteiger partial charge in [-0.1, -0.05) is 6.07 Å². The number of aromatic nitrogens is 1. The van der Waals surface area contributed by atoms with Gasteiger partial charge in [-0.05, 0) is 19.4 Å². The summed E-state index contributed by atoms with van der Waals surface area (Å²) < 4.78 is 5.17. The van der Waals surface area contributed by atoms with Crippen LogP contribution in [-0.2, 0) is 11.2 Å². The maximum absolute atomic E-state index is 10.8. The fourth-order valence-corrected chi connectivity index (χ4v) is 1.04. The summed E-state index contributed by atoms with van der Waals surface area (Å²) in [6.45, 7) is 4.08. The van der Waals surface area contributed by atoms with Gasteiger partial charge in [-0.15, -0.1) is 0 Å². The average molecular weight is 179 g/mol. The zero-order valence-corrected chi connectivity index (χ0v) is 7.91. The van der Waals surface area contributed by atoms with Crippen LogP contribution in [0.4, 0.5) is 0 Å². The summed E-state index contributed by atoms with van der Waals surface area (Å²) in [6.07, 6.45) is 2.12. The van der Waals surface area contributed by atoms with Crippen molar-refractivity contribution in [1.82, 2.24) is 4.98 Å². The lowest BCUT2D eigenvalue weighted by atomic mass is 10.2. The van der Waals surface area contributed by atoms with E-state index >= 15 is 0 Å². The van der Waals surface area contributed by atoms with Gasteiger partial charge in [-0.3, -0.25) is 4.79 Å². The molecule has 0 atom stereocenters. The number of Topliss-reactive ketones (excluding diaryl/α,β-unsaturated/α-hetero) is 1. The number of carbonyl (C=O) groups excluding carboxylic acids is 1. The molecule has 0 aliphatic rings. The van der Waals surface area contributed by atoms with Crippen LogP contribution in [0.2, 0.25) is 0 Å². The van der Waals surface area contributed by atoms with Gasteiger partial charge in [0.2, 0.25) is 5.88 Å². The smallest absolute Gasteiger partial charge is 0.213 e. The van der Waals surface area contributed by atoms with Crippen molar-refractivity contribution in [2.75, 3.05) is 6.61 Å². The lowest BCUT2D eigenvalue weighted by Crippen LogP contribution is -1.98. The summed E-state index contributed by atoms with van der Waals surface area (Å²) in [5.74, 6) is 0.751. The lowest BCUT2D eigenvalue weighted by molar-refractivity contribution is -0.116. The van der Waals surface area contributed by atoms with E-state index in [0.717, 1.165) is 5.56 Å². The van der Waals surface area contributed by atoms with E-state index in [-0.39, 0.29) is 5.78 Å². The zero-order valence-electron chi connectivity index (χ0n) is 7.91. The van der Waals surface area contributed by atoms with E-state index < -0.39 is 0 Å². The van der Waals surface area contributed by atoms with E-state index in [9.17, 15) is 4.79 Å². The first-order chi connectivity index (χ1) is 6.22. The second-order valence-electron chi connectivity index (χ2n) is 2.82. The van der Waals surface area contributed by atoms with Crippen LogP contribution in [0.1, 0.15) is 19.4 Å². The third-order valence-corrected chi connectivity index (χ3v) is 1.54. The number of hydrogen-bond acceptors (Lipinski definition) is 3. The second kappa shape index (κ2) is 4.60. The van der Waals surface area contributed by atoms with E-state index in [1.54, 1.807) is 19.2 Å². The molecule has 0 radical (unpaired) electrons. The first kappa shape index (κ1) is 9.71. The molecule has 0 fully saturated rings. The fourth-order valence-electron chi connectivity index (χ4n) is 1.04. The lowest BCUT2D eigenvalue weighted by Gasteiger charge is -2.01. The van der Waals surface area contributed by atoms with Crippen LogP contribution in [0.15, 0.2) is 18.3 Å². The third kappa shape index (κ3) is 3.23. The van der Waals surface area contributed by atoms with Crippen molar-refractivity contribution < 1.29 is 9.53 Å². The number of carbonyl (C=O) groups is 1. The number of nitrogens with zero attached hydrogens (tertiary/aromatic N) is 1. The molecule has 0 spiro atoms. The van der Waals surface area contributed by atoms with Gasteiger partial charge in [0.1, 0.15) is 5.78 Å². The predicted molar refractivity (Wildman–Crippen MR) is 49.8 cm³/mol. The molecule has 1 aromatic heterocycles. The van der Waals surface area contributed by atoms with Crippen LogP contribution < -0.4 is 4.74 Å². The molecular weight excluding hydrogens is 166 g/mol. The van der Waals surface area contributed by atoms with Gasteiger partial charge in [0.05, 0.1) is 6.61 Å². The van der Waals surface area contributed by atoms with Gasteiger partial charge < -0.3 is 4.74 Å². The van der Waals surface area contributed by atoms with Crippen LogP contribution >= 0.6 is 0 Å². The predicted octanol–water partition coefficient (Wildman–Crippen LogP) is 1.61. The average Bonchev–Trinajstić information content (AvgIpc) is 2.08. The molecule has 3 nitrogen and oxygen atoms in total. The fraction of sp³-hybridized carbons (Fsp3) is 0.400. The van der Waals surface area contributed by atoms with Crippen LogP contribution in [-0.4, -0.2) is 17.4 Å². The number of ether oxygens (including phenoxy) is 1. The van der Waals surface area contributed by atoms with Crippen molar-refractivity contribution in [2.45, 2.75) is 20.3 Å². The molecule has 0 aliphatic carbocycles. The quantitative estimate of drug-likeness (QED) is 0.705. The summed E-state index contributed by atoms with van der Waals surface area (Å²) in [4.78, 5) is 14.8. The standard InChI is InChI=1S/C10H13NO2/c1-3-13-10-5-4-9(7-11-10)6-8(2)12/h4-5,7H,3,6H2,1-2H3. The van der Waals surface area contributed by atoms with Crippen molar-refractivity contribution >= 4 is 5.78 Å². The maximum Gasteiger partial charge on any atom is 0.213 e. The highest BCUT2D eigenvalue weighted by atomic mass is 16.5. The van der Waals surface area contributed by atoms with E-state index in [2.05, 4.69) is 4.98 Å². The number of rotatable bonds is 4. The minimum Gasteiger partial charge on any atom is -0.478 e. The summed E-state index contributed by atoms with van der Waals surface area (Å²) in [5.41, 5.74) is 0.927. The Morgan fingerprint density at radius 1 is 1.54 bits per heavy atom. The highest BCUT2D eigenvalue weighted by Gasteiger charge is 1.98. The monoisotopic (exact) mass is 179 g/mol. The van der Waals surface area contributed by atoms with E-state index in [1.165, 1.54) is 0 Å². The largest absolute Gasteiger partial charge is 0.478 e. The molecule has 0 aromatic carbocycles. The van der Waals surface area contributed by atoms with Crippen LogP contribution in [0, 0.1) is 0 Å². The van der Waals surface area contributed by atoms with Gasteiger partial charge >= 0.3 is 0 Å². The van der Waals surface area contributed by atoms with Crippen LogP contribution in [0.3, 0.4) is 0 Å². The molecule has 1 aromatic rings. The van der Waals surface area contributed by atoms with Crippen molar-refractivity contribution in [3.8, 4) is 5.88 Å². The Bertz CT molecular complexity index is 279. The van der Waals surface area contributed by atoms with E-state index in [0.29, 0.717) is 18.9 Å². The van der Waals surface area contributed by atoms with Gasteiger partial charge in [0, 0.05) is 18.7 Å². The van der Waals surface area contributed by atoms with Crippen molar-refractivity contribution in [3.63, 3.8) is 0 Å². The number of ketones is 1. The van der Waals surface area contributed by atoms with Crippen molar-refractivity contribution in [3.05, 3.63) is 23.9 Å². The molecule has 0 N–H and O–H groups in total. The van der Waals surface area contributed by atoms with Crippen LogP contribution in [0.25, 0.3) is 0 Å². The first-order valence-corrected chi connectivity index (χ1v) is 4.29. The summed E-state index contributed by atoms with van der Waals surface area (Å²) in [7, 11) is 0. The van der Waals surface area contributed by atoms with Gasteiger partial charge in [0.25, 0.3) is 0 Å². The topological polar surface area (TPSA) is 39.2 Å². The summed E-state index contributed by atoms with van der Waals surface area (Å²) >= 11 is 0. The Morgan fingerprint density at radius 2 is 2.31 bits per heavy atom. The number of hydrogen-bond donors (Lipinski definition) is 0.